The Bertz CT molecular complexity index is 1280. The van der Waals surface area contributed by atoms with Crippen LogP contribution in [0.4, 0.5) is 0 Å². The van der Waals surface area contributed by atoms with Crippen molar-refractivity contribution in [3.05, 3.63) is 51.5 Å². The Labute approximate surface area is 220 Å². The molecule has 0 bridgehead atoms. The highest BCUT2D eigenvalue weighted by atomic mass is 16.4. The molecule has 0 aromatic heterocycles. The molecular formula is C27H35N3O8. The number of primary amides is 1. The number of amides is 1. The molecule has 0 saturated carbocycles. The van der Waals surface area contributed by atoms with Gasteiger partial charge in [0.25, 0.3) is 5.91 Å². The van der Waals surface area contributed by atoms with E-state index >= 15 is 0 Å². The molecule has 11 nitrogen and oxygen atoms in total. The van der Waals surface area contributed by atoms with Gasteiger partial charge < -0.3 is 36.6 Å². The standard InChI is InChI=1S/C27H35N3O8/c1-10(2)8-29-9-12-6-7-13-11(3)14-16(21(32)15(13)20(12)31)24(35)27(38)18(22(14)33)19(30(4)5)23(34)17(25(27)36)26(28)37/h6-7,10-11,14,18-19,22,29,31,33-35,38H,8-9H2,1-5H3,(H2,28,37)/t11-,14-,18+,19-,22-,27+/m1/s1. The van der Waals surface area contributed by atoms with Crippen LogP contribution >= 0.6 is 0 Å². The molecule has 4 rings (SSSR count). The number of aromatic hydroxyl groups is 1. The molecule has 0 spiro atoms. The Morgan fingerprint density at radius 1 is 1.18 bits per heavy atom. The van der Waals surface area contributed by atoms with Gasteiger partial charge in [-0.3, -0.25) is 19.3 Å². The summed E-state index contributed by atoms with van der Waals surface area (Å²) in [5.74, 6) is -8.53. The number of hydrogen-bond donors (Lipinski definition) is 7. The van der Waals surface area contributed by atoms with Crippen molar-refractivity contribution >= 4 is 17.5 Å². The molecule has 1 amide bonds. The minimum Gasteiger partial charge on any atom is -0.510 e. The van der Waals surface area contributed by atoms with Crippen LogP contribution in [0.1, 0.15) is 48.2 Å². The number of Topliss-reactive ketones (excluding diaryl/α,β-unsaturated/α-hetero) is 2. The first-order valence-corrected chi connectivity index (χ1v) is 12.6. The number of fused-ring (bicyclic) bond motifs is 3. The van der Waals surface area contributed by atoms with Gasteiger partial charge in [-0.25, -0.2) is 0 Å². The van der Waals surface area contributed by atoms with Crippen molar-refractivity contribution in [2.24, 2.45) is 23.5 Å². The molecular weight excluding hydrogens is 494 g/mol. The van der Waals surface area contributed by atoms with Crippen LogP contribution in [-0.4, -0.2) is 86.3 Å². The number of carbonyl (C=O) groups is 3. The Hall–Kier alpha value is -3.25. The maximum Gasteiger partial charge on any atom is 0.255 e. The zero-order valence-electron chi connectivity index (χ0n) is 22.0. The summed E-state index contributed by atoms with van der Waals surface area (Å²) in [7, 11) is 2.99. The van der Waals surface area contributed by atoms with Crippen molar-refractivity contribution < 1.29 is 39.9 Å². The fourth-order valence-electron chi connectivity index (χ4n) is 6.30. The summed E-state index contributed by atoms with van der Waals surface area (Å²) in [6.07, 6.45) is -1.61. The summed E-state index contributed by atoms with van der Waals surface area (Å²) in [5, 5.41) is 59.8. The van der Waals surface area contributed by atoms with Crippen molar-refractivity contribution in [3.8, 4) is 5.75 Å². The van der Waals surface area contributed by atoms with E-state index in [-0.39, 0.29) is 17.9 Å². The van der Waals surface area contributed by atoms with E-state index in [0.717, 1.165) is 0 Å². The van der Waals surface area contributed by atoms with E-state index in [4.69, 9.17) is 5.73 Å². The van der Waals surface area contributed by atoms with Crippen LogP contribution in [0.15, 0.2) is 34.8 Å². The van der Waals surface area contributed by atoms with Gasteiger partial charge in [0.05, 0.1) is 23.6 Å². The van der Waals surface area contributed by atoms with Gasteiger partial charge in [0, 0.05) is 23.6 Å². The van der Waals surface area contributed by atoms with Crippen molar-refractivity contribution in [2.75, 3.05) is 20.6 Å². The molecule has 0 unspecified atom stereocenters. The number of aliphatic hydroxyl groups excluding tert-OH is 3. The number of benzene rings is 1. The van der Waals surface area contributed by atoms with Crippen LogP contribution in [0.5, 0.6) is 5.75 Å². The molecule has 38 heavy (non-hydrogen) atoms. The van der Waals surface area contributed by atoms with E-state index in [1.807, 2.05) is 13.8 Å². The molecule has 0 heterocycles. The predicted molar refractivity (Wildman–Crippen MR) is 136 cm³/mol. The summed E-state index contributed by atoms with van der Waals surface area (Å²) in [6, 6.07) is 2.08. The lowest BCUT2D eigenvalue weighted by Gasteiger charge is -2.53. The van der Waals surface area contributed by atoms with Gasteiger partial charge >= 0.3 is 0 Å². The van der Waals surface area contributed by atoms with Gasteiger partial charge in [-0.2, -0.15) is 0 Å². The normalized spacial score (nSPS) is 31.0. The summed E-state index contributed by atoms with van der Waals surface area (Å²) in [6.45, 7) is 6.70. The SMILES string of the molecule is CC(C)CNCc1ccc2c(c1O)C(=O)C1=C(O)[C@]3(O)C(=O)C(C(N)=O)=C(O)[C@H](N(C)C)[C@H]3[C@H](O)[C@@H]1[C@@H]2C. The lowest BCUT2D eigenvalue weighted by atomic mass is 9.55. The predicted octanol–water partition coefficient (Wildman–Crippen LogP) is 0.398. The molecule has 206 valence electrons. The average molecular weight is 530 g/mol. The fraction of sp³-hybridized carbons (Fsp3) is 0.519. The Kier molecular flexibility index (Phi) is 6.94. The van der Waals surface area contributed by atoms with Gasteiger partial charge in [-0.05, 0) is 38.0 Å². The number of rotatable bonds is 6. The van der Waals surface area contributed by atoms with E-state index in [9.17, 15) is 39.9 Å². The zero-order valence-corrected chi connectivity index (χ0v) is 22.0. The number of aliphatic hydroxyl groups is 4. The number of likely N-dealkylation sites (N-methyl/N-ethyl adjacent to an activating group) is 1. The lowest BCUT2D eigenvalue weighted by Crippen LogP contribution is -2.68. The monoisotopic (exact) mass is 529 g/mol. The quantitative estimate of drug-likeness (QED) is 0.254. The molecule has 6 atom stereocenters. The topological polar surface area (TPSA) is 194 Å². The van der Waals surface area contributed by atoms with Crippen molar-refractivity contribution in [1.82, 2.24) is 10.2 Å². The van der Waals surface area contributed by atoms with Crippen LogP contribution in [0.3, 0.4) is 0 Å². The molecule has 0 fully saturated rings. The van der Waals surface area contributed by atoms with Crippen molar-refractivity contribution in [2.45, 2.75) is 51.0 Å². The highest BCUT2D eigenvalue weighted by Crippen LogP contribution is 2.55. The number of ketones is 2. The first kappa shape index (κ1) is 27.8. The van der Waals surface area contributed by atoms with E-state index < -0.39 is 75.6 Å². The summed E-state index contributed by atoms with van der Waals surface area (Å²) >= 11 is 0. The molecule has 3 aliphatic carbocycles. The number of phenolic OH excluding ortho intramolecular Hbond substituents is 1. The maximum atomic E-state index is 13.8. The van der Waals surface area contributed by atoms with E-state index in [1.165, 1.54) is 19.0 Å². The van der Waals surface area contributed by atoms with E-state index in [1.54, 1.807) is 19.1 Å². The molecule has 8 N–H and O–H groups in total. The van der Waals surface area contributed by atoms with Gasteiger partial charge in [0.2, 0.25) is 5.78 Å². The molecule has 1 aromatic carbocycles. The van der Waals surface area contributed by atoms with E-state index in [2.05, 4.69) is 5.32 Å². The average Bonchev–Trinajstić information content (AvgIpc) is 2.82. The molecule has 0 aliphatic heterocycles. The van der Waals surface area contributed by atoms with Crippen molar-refractivity contribution in [1.29, 1.82) is 0 Å². The largest absolute Gasteiger partial charge is 0.510 e. The first-order chi connectivity index (χ1) is 17.7. The molecule has 11 heteroatoms. The van der Waals surface area contributed by atoms with Crippen LogP contribution in [0.25, 0.3) is 0 Å². The van der Waals surface area contributed by atoms with Crippen molar-refractivity contribution in [3.63, 3.8) is 0 Å². The summed E-state index contributed by atoms with van der Waals surface area (Å²) < 4.78 is 0. The number of nitrogens with two attached hydrogens (primary N) is 1. The third kappa shape index (κ3) is 3.76. The maximum absolute atomic E-state index is 13.8. The fourth-order valence-corrected chi connectivity index (χ4v) is 6.30. The molecule has 1 aromatic rings. The highest BCUT2D eigenvalue weighted by Gasteiger charge is 2.67. The third-order valence-corrected chi connectivity index (χ3v) is 8.08. The zero-order chi connectivity index (χ0) is 28.4. The number of phenols is 1. The number of nitrogens with one attached hydrogen (secondary N) is 1. The molecule has 3 aliphatic rings. The number of hydrogen-bond acceptors (Lipinski definition) is 10. The summed E-state index contributed by atoms with van der Waals surface area (Å²) in [5.41, 5.74) is 1.87. The second kappa shape index (κ2) is 9.49. The van der Waals surface area contributed by atoms with Gasteiger partial charge in [0.15, 0.2) is 11.4 Å². The second-order valence-corrected chi connectivity index (χ2v) is 11.1. The molecule has 0 radical (unpaired) electrons. The Balaban J connectivity index is 1.93. The minimum absolute atomic E-state index is 0.0886. The minimum atomic E-state index is -2.92. The summed E-state index contributed by atoms with van der Waals surface area (Å²) in [4.78, 5) is 40.7. The Morgan fingerprint density at radius 2 is 1.82 bits per heavy atom. The second-order valence-electron chi connectivity index (χ2n) is 11.1. The molecule has 0 saturated heterocycles. The Morgan fingerprint density at radius 3 is 2.37 bits per heavy atom. The van der Waals surface area contributed by atoms with Gasteiger partial charge in [-0.15, -0.1) is 0 Å². The van der Waals surface area contributed by atoms with Crippen LogP contribution in [0, 0.1) is 17.8 Å². The van der Waals surface area contributed by atoms with E-state index in [0.29, 0.717) is 23.6 Å². The lowest BCUT2D eigenvalue weighted by molar-refractivity contribution is -0.162. The smallest absolute Gasteiger partial charge is 0.255 e. The highest BCUT2D eigenvalue weighted by molar-refractivity contribution is 6.25. The number of carbonyl (C=O) groups excluding carboxylic acids is 3. The van der Waals surface area contributed by atoms with Crippen LogP contribution in [0.2, 0.25) is 0 Å². The van der Waals surface area contributed by atoms with Crippen LogP contribution < -0.4 is 11.1 Å². The first-order valence-electron chi connectivity index (χ1n) is 12.6. The number of nitrogens with zero attached hydrogens (tertiary/aromatic N) is 1. The van der Waals surface area contributed by atoms with Gasteiger partial charge in [-0.1, -0.05) is 32.9 Å². The third-order valence-electron chi connectivity index (χ3n) is 8.08. The van der Waals surface area contributed by atoms with Crippen LogP contribution in [-0.2, 0) is 16.1 Å². The van der Waals surface area contributed by atoms with Gasteiger partial charge in [0.1, 0.15) is 22.8 Å².